The topological polar surface area (TPSA) is 83.8 Å². The maximum absolute atomic E-state index is 12.0. The molecule has 0 aromatic carbocycles. The Kier molecular flexibility index (Phi) is 13.7. The maximum atomic E-state index is 12.0. The molecule has 1 heterocycles. The molecule has 1 aliphatic rings. The first-order chi connectivity index (χ1) is 14.0. The van der Waals surface area contributed by atoms with Crippen molar-refractivity contribution in [3.63, 3.8) is 0 Å². The first-order valence-electron chi connectivity index (χ1n) is 11.8. The van der Waals surface area contributed by atoms with Crippen LogP contribution < -0.4 is 0 Å². The van der Waals surface area contributed by atoms with Crippen molar-refractivity contribution in [2.24, 2.45) is 0 Å². The maximum Gasteiger partial charge on any atom is 0.338 e. The molecule has 5 heteroatoms. The van der Waals surface area contributed by atoms with Gasteiger partial charge < -0.3 is 14.9 Å². The van der Waals surface area contributed by atoms with E-state index in [9.17, 15) is 19.8 Å². The molecule has 0 radical (unpaired) electrons. The van der Waals surface area contributed by atoms with E-state index in [0.717, 1.165) is 12.8 Å². The summed E-state index contributed by atoms with van der Waals surface area (Å²) >= 11 is 0. The van der Waals surface area contributed by atoms with E-state index in [4.69, 9.17) is 4.74 Å². The Morgan fingerprint density at radius 2 is 1.38 bits per heavy atom. The van der Waals surface area contributed by atoms with Gasteiger partial charge in [-0.15, -0.1) is 0 Å². The highest BCUT2D eigenvalue weighted by Gasteiger charge is 2.36. The first kappa shape index (κ1) is 25.7. The minimum absolute atomic E-state index is 0.122. The van der Waals surface area contributed by atoms with Crippen molar-refractivity contribution in [2.75, 3.05) is 0 Å². The summed E-state index contributed by atoms with van der Waals surface area (Å²) in [7, 11) is 0. The smallest absolute Gasteiger partial charge is 0.338 e. The lowest BCUT2D eigenvalue weighted by Gasteiger charge is -2.17. The number of ether oxygens (including phenoxy) is 1. The van der Waals surface area contributed by atoms with Crippen LogP contribution in [0.4, 0.5) is 0 Å². The summed E-state index contributed by atoms with van der Waals surface area (Å²) in [6, 6.07) is 0. The summed E-state index contributed by atoms with van der Waals surface area (Å²) in [6.45, 7) is 3.71. The van der Waals surface area contributed by atoms with Crippen LogP contribution in [0.5, 0.6) is 0 Å². The van der Waals surface area contributed by atoms with Crippen molar-refractivity contribution in [3.8, 4) is 0 Å². The van der Waals surface area contributed by atoms with Crippen molar-refractivity contribution in [3.05, 3.63) is 11.3 Å². The Morgan fingerprint density at radius 1 is 0.897 bits per heavy atom. The molecule has 0 spiro atoms. The predicted molar refractivity (Wildman–Crippen MR) is 116 cm³/mol. The summed E-state index contributed by atoms with van der Waals surface area (Å²) in [5, 5.41) is 19.9. The second-order valence-electron chi connectivity index (χ2n) is 8.47. The Morgan fingerprint density at radius 3 is 1.83 bits per heavy atom. The number of carbonyl (C=O) groups excluding carboxylic acids is 2. The highest BCUT2D eigenvalue weighted by atomic mass is 16.6. The monoisotopic (exact) mass is 410 g/mol. The van der Waals surface area contributed by atoms with Crippen molar-refractivity contribution in [2.45, 2.75) is 129 Å². The van der Waals surface area contributed by atoms with E-state index in [-0.39, 0.29) is 30.0 Å². The van der Waals surface area contributed by atoms with Crippen molar-refractivity contribution >= 4 is 11.8 Å². The van der Waals surface area contributed by atoms with Crippen LogP contribution in [0.25, 0.3) is 0 Å². The van der Waals surface area contributed by atoms with Gasteiger partial charge in [0.15, 0.2) is 6.10 Å². The Balaban J connectivity index is 1.93. The van der Waals surface area contributed by atoms with Crippen LogP contribution in [0.15, 0.2) is 11.3 Å². The molecule has 5 nitrogen and oxygen atoms in total. The van der Waals surface area contributed by atoms with Crippen LogP contribution in [-0.4, -0.2) is 34.2 Å². The second-order valence-corrected chi connectivity index (χ2v) is 8.47. The normalized spacial score (nSPS) is 17.6. The van der Waals surface area contributed by atoms with Gasteiger partial charge in [0.1, 0.15) is 11.5 Å². The molecule has 168 valence electrons. The standard InChI is InChI=1S/C24H42O5/c1-3-4-5-6-7-8-9-10-11-12-13-14-15-16-20(25)17-18-21(26)23-22(27)19(2)24(28)29-23/h21,23,26-27H,3-18H2,1-2H3/t21-,23+/m0/s1. The number of rotatable bonds is 18. The molecule has 2 atom stereocenters. The van der Waals surface area contributed by atoms with Gasteiger partial charge in [0.05, 0.1) is 11.7 Å². The van der Waals surface area contributed by atoms with E-state index in [1.807, 2.05) is 0 Å². The molecule has 0 amide bonds. The molecule has 0 aromatic rings. The number of hydrogen-bond donors (Lipinski definition) is 2. The van der Waals surface area contributed by atoms with Gasteiger partial charge in [-0.25, -0.2) is 4.79 Å². The van der Waals surface area contributed by atoms with Crippen molar-refractivity contribution in [1.29, 1.82) is 0 Å². The zero-order valence-electron chi connectivity index (χ0n) is 18.6. The molecule has 0 saturated carbocycles. The van der Waals surface area contributed by atoms with Crippen molar-refractivity contribution in [1.82, 2.24) is 0 Å². The van der Waals surface area contributed by atoms with Gasteiger partial charge in [0.25, 0.3) is 0 Å². The summed E-state index contributed by atoms with van der Waals surface area (Å²) in [6.07, 6.45) is 15.5. The Hall–Kier alpha value is -1.36. The molecule has 1 rings (SSSR count). The fourth-order valence-electron chi connectivity index (χ4n) is 3.76. The number of aliphatic hydroxyl groups excluding tert-OH is 2. The zero-order valence-corrected chi connectivity index (χ0v) is 18.6. The molecule has 0 bridgehead atoms. The molecule has 0 aromatic heterocycles. The fraction of sp³-hybridized carbons (Fsp3) is 0.833. The van der Waals surface area contributed by atoms with Gasteiger partial charge in [-0.05, 0) is 19.8 Å². The number of carbonyl (C=O) groups is 2. The second kappa shape index (κ2) is 15.5. The summed E-state index contributed by atoms with van der Waals surface area (Å²) < 4.78 is 4.94. The average molecular weight is 411 g/mol. The van der Waals surface area contributed by atoms with Crippen molar-refractivity contribution < 1.29 is 24.5 Å². The molecule has 29 heavy (non-hydrogen) atoms. The van der Waals surface area contributed by atoms with E-state index in [0.29, 0.717) is 6.42 Å². The third kappa shape index (κ3) is 10.8. The third-order valence-corrected chi connectivity index (χ3v) is 5.82. The minimum atomic E-state index is -1.04. The van der Waals surface area contributed by atoms with E-state index >= 15 is 0 Å². The molecule has 2 N–H and O–H groups in total. The number of hydrogen-bond acceptors (Lipinski definition) is 5. The molecule has 0 saturated heterocycles. The quantitative estimate of drug-likeness (QED) is 0.216. The highest BCUT2D eigenvalue weighted by Crippen LogP contribution is 2.24. The largest absolute Gasteiger partial charge is 0.508 e. The lowest BCUT2D eigenvalue weighted by molar-refractivity contribution is -0.145. The third-order valence-electron chi connectivity index (χ3n) is 5.82. The lowest BCUT2D eigenvalue weighted by Crippen LogP contribution is -2.29. The number of aliphatic hydroxyl groups is 2. The summed E-state index contributed by atoms with van der Waals surface area (Å²) in [4.78, 5) is 23.3. The van der Waals surface area contributed by atoms with Gasteiger partial charge in [-0.1, -0.05) is 84.0 Å². The van der Waals surface area contributed by atoms with E-state index in [1.54, 1.807) is 0 Å². The molecule has 0 unspecified atom stereocenters. The highest BCUT2D eigenvalue weighted by molar-refractivity contribution is 5.91. The first-order valence-corrected chi connectivity index (χ1v) is 11.8. The van der Waals surface area contributed by atoms with Gasteiger partial charge in [0.2, 0.25) is 0 Å². The van der Waals surface area contributed by atoms with Gasteiger partial charge in [-0.2, -0.15) is 0 Å². The van der Waals surface area contributed by atoms with Gasteiger partial charge in [-0.3, -0.25) is 4.79 Å². The number of esters is 1. The fourth-order valence-corrected chi connectivity index (χ4v) is 3.76. The number of ketones is 1. The van der Waals surface area contributed by atoms with E-state index in [2.05, 4.69) is 6.92 Å². The predicted octanol–water partition coefficient (Wildman–Crippen LogP) is 5.94. The molecule has 0 fully saturated rings. The summed E-state index contributed by atoms with van der Waals surface area (Å²) in [5.41, 5.74) is 0.132. The average Bonchev–Trinajstić information content (AvgIpc) is 2.97. The zero-order chi connectivity index (χ0) is 21.5. The van der Waals surface area contributed by atoms with Crippen LogP contribution in [0.3, 0.4) is 0 Å². The van der Waals surface area contributed by atoms with Crippen LogP contribution in [0.1, 0.15) is 117 Å². The molecular weight excluding hydrogens is 368 g/mol. The number of Topliss-reactive ketones (excluding diaryl/α,β-unsaturated/α-hetero) is 1. The van der Waals surface area contributed by atoms with E-state index in [1.165, 1.54) is 77.6 Å². The number of unbranched alkanes of at least 4 members (excludes halogenated alkanes) is 12. The van der Waals surface area contributed by atoms with Crippen LogP contribution in [0.2, 0.25) is 0 Å². The Bertz CT molecular complexity index is 511. The molecule has 0 aliphatic carbocycles. The van der Waals surface area contributed by atoms with Crippen LogP contribution >= 0.6 is 0 Å². The molecular formula is C24H42O5. The molecule has 1 aliphatic heterocycles. The lowest BCUT2D eigenvalue weighted by atomic mass is 10.0. The van der Waals surface area contributed by atoms with Gasteiger partial charge in [0, 0.05) is 12.8 Å². The van der Waals surface area contributed by atoms with E-state index < -0.39 is 18.2 Å². The van der Waals surface area contributed by atoms with Crippen LogP contribution in [0, 0.1) is 0 Å². The van der Waals surface area contributed by atoms with Crippen LogP contribution in [-0.2, 0) is 14.3 Å². The van der Waals surface area contributed by atoms with Gasteiger partial charge >= 0.3 is 5.97 Å². The minimum Gasteiger partial charge on any atom is -0.508 e. The SMILES string of the molecule is CCCCCCCCCCCCCCCC(=O)CC[C@H](O)[C@H]1OC(=O)C(C)=C1O. The number of cyclic esters (lactones) is 1. The summed E-state index contributed by atoms with van der Waals surface area (Å²) in [5.74, 6) is -0.701. The Labute approximate surface area is 176 Å².